The molecule has 0 bridgehead atoms. The number of fused-ring (bicyclic) bond motifs is 1. The standard InChI is InChI=1S/C17H18N2/c1-12(2)14-7-6-13-4-3-5-15(17(13)9-14)8-16-10-18-11-19-16/h3-7,9-12H,8H2,1-2H3,(H,18,19). The highest BCUT2D eigenvalue weighted by atomic mass is 14.9. The Hall–Kier alpha value is -2.09. The van der Waals surface area contributed by atoms with Gasteiger partial charge in [0.25, 0.3) is 0 Å². The lowest BCUT2D eigenvalue weighted by Crippen LogP contribution is -1.92. The molecule has 19 heavy (non-hydrogen) atoms. The van der Waals surface area contributed by atoms with Crippen molar-refractivity contribution in [2.75, 3.05) is 0 Å². The second-order valence-electron chi connectivity index (χ2n) is 5.31. The van der Waals surface area contributed by atoms with Crippen molar-refractivity contribution < 1.29 is 0 Å². The summed E-state index contributed by atoms with van der Waals surface area (Å²) in [7, 11) is 0. The van der Waals surface area contributed by atoms with Crippen molar-refractivity contribution in [1.29, 1.82) is 0 Å². The average Bonchev–Trinajstić information content (AvgIpc) is 2.91. The summed E-state index contributed by atoms with van der Waals surface area (Å²) in [5.41, 5.74) is 3.90. The largest absolute Gasteiger partial charge is 0.348 e. The predicted octanol–water partition coefficient (Wildman–Crippen LogP) is 4.28. The summed E-state index contributed by atoms with van der Waals surface area (Å²) >= 11 is 0. The molecule has 96 valence electrons. The van der Waals surface area contributed by atoms with Crippen molar-refractivity contribution >= 4 is 10.8 Å². The number of aromatic nitrogens is 2. The summed E-state index contributed by atoms with van der Waals surface area (Å²) in [6, 6.07) is 13.3. The predicted molar refractivity (Wildman–Crippen MR) is 79.4 cm³/mol. The van der Waals surface area contributed by atoms with E-state index in [0.29, 0.717) is 5.92 Å². The van der Waals surface area contributed by atoms with Gasteiger partial charge in [0.1, 0.15) is 0 Å². The molecule has 2 aromatic carbocycles. The Bertz CT molecular complexity index is 682. The highest BCUT2D eigenvalue weighted by molar-refractivity contribution is 5.86. The molecule has 0 amide bonds. The second-order valence-corrected chi connectivity index (χ2v) is 5.31. The van der Waals surface area contributed by atoms with E-state index < -0.39 is 0 Å². The second kappa shape index (κ2) is 4.88. The number of imidazole rings is 1. The minimum Gasteiger partial charge on any atom is -0.348 e. The molecule has 0 aliphatic heterocycles. The van der Waals surface area contributed by atoms with Crippen molar-refractivity contribution in [1.82, 2.24) is 9.97 Å². The Morgan fingerprint density at radius 2 is 2.05 bits per heavy atom. The molecule has 1 heterocycles. The van der Waals surface area contributed by atoms with Crippen LogP contribution in [0.1, 0.15) is 36.6 Å². The fourth-order valence-corrected chi connectivity index (χ4v) is 2.45. The SMILES string of the molecule is CC(C)c1ccc2cccc(Cc3cnc[nH]3)c2c1. The maximum absolute atomic E-state index is 4.09. The minimum atomic E-state index is 0.560. The molecule has 0 unspecified atom stereocenters. The van der Waals surface area contributed by atoms with E-state index in [1.807, 2.05) is 6.20 Å². The summed E-state index contributed by atoms with van der Waals surface area (Å²) in [6.07, 6.45) is 4.53. The van der Waals surface area contributed by atoms with Crippen LogP contribution < -0.4 is 0 Å². The van der Waals surface area contributed by atoms with Gasteiger partial charge in [-0.25, -0.2) is 4.98 Å². The van der Waals surface area contributed by atoms with Crippen LogP contribution in [0.3, 0.4) is 0 Å². The number of nitrogens with zero attached hydrogens (tertiary/aromatic N) is 1. The lowest BCUT2D eigenvalue weighted by atomic mass is 9.95. The first kappa shape index (κ1) is 12.0. The molecular weight excluding hydrogens is 232 g/mol. The summed E-state index contributed by atoms with van der Waals surface area (Å²) in [5, 5.41) is 2.66. The number of H-pyrrole nitrogens is 1. The Labute approximate surface area is 113 Å². The van der Waals surface area contributed by atoms with E-state index in [4.69, 9.17) is 0 Å². The van der Waals surface area contributed by atoms with Crippen LogP contribution in [0.5, 0.6) is 0 Å². The Morgan fingerprint density at radius 1 is 1.16 bits per heavy atom. The zero-order valence-electron chi connectivity index (χ0n) is 11.4. The van der Waals surface area contributed by atoms with Crippen LogP contribution in [-0.4, -0.2) is 9.97 Å². The van der Waals surface area contributed by atoms with Gasteiger partial charge in [-0.2, -0.15) is 0 Å². The van der Waals surface area contributed by atoms with Gasteiger partial charge >= 0.3 is 0 Å². The summed E-state index contributed by atoms with van der Waals surface area (Å²) in [5.74, 6) is 0.560. The normalized spacial score (nSPS) is 11.3. The Kier molecular flexibility index (Phi) is 3.08. The summed E-state index contributed by atoms with van der Waals surface area (Å²) in [4.78, 5) is 7.27. The quantitative estimate of drug-likeness (QED) is 0.738. The average molecular weight is 250 g/mol. The van der Waals surface area contributed by atoms with Crippen molar-refractivity contribution in [3.8, 4) is 0 Å². The van der Waals surface area contributed by atoms with Crippen LogP contribution in [0.2, 0.25) is 0 Å². The molecule has 0 atom stereocenters. The van der Waals surface area contributed by atoms with Gasteiger partial charge in [-0.05, 0) is 27.8 Å². The van der Waals surface area contributed by atoms with Crippen LogP contribution in [0, 0.1) is 0 Å². The first-order valence-electron chi connectivity index (χ1n) is 6.73. The zero-order chi connectivity index (χ0) is 13.2. The van der Waals surface area contributed by atoms with Gasteiger partial charge < -0.3 is 4.98 Å². The molecule has 1 N–H and O–H groups in total. The smallest absolute Gasteiger partial charge is 0.0921 e. The molecule has 0 spiro atoms. The number of nitrogens with one attached hydrogen (secondary N) is 1. The number of rotatable bonds is 3. The Balaban J connectivity index is 2.10. The minimum absolute atomic E-state index is 0.560. The van der Waals surface area contributed by atoms with E-state index >= 15 is 0 Å². The first-order valence-corrected chi connectivity index (χ1v) is 6.73. The number of benzene rings is 2. The van der Waals surface area contributed by atoms with Gasteiger partial charge in [0.15, 0.2) is 0 Å². The van der Waals surface area contributed by atoms with Gasteiger partial charge in [0.2, 0.25) is 0 Å². The summed E-state index contributed by atoms with van der Waals surface area (Å²) in [6.45, 7) is 4.47. The van der Waals surface area contributed by atoms with E-state index in [-0.39, 0.29) is 0 Å². The molecule has 0 aliphatic carbocycles. The third kappa shape index (κ3) is 2.39. The molecule has 1 aromatic heterocycles. The lowest BCUT2D eigenvalue weighted by molar-refractivity contribution is 0.868. The molecule has 0 aliphatic rings. The lowest BCUT2D eigenvalue weighted by Gasteiger charge is -2.10. The topological polar surface area (TPSA) is 28.7 Å². The van der Waals surface area contributed by atoms with Gasteiger partial charge in [0.05, 0.1) is 6.33 Å². The molecule has 0 saturated heterocycles. The third-order valence-corrected chi connectivity index (χ3v) is 3.60. The molecule has 0 radical (unpaired) electrons. The van der Waals surface area contributed by atoms with E-state index in [1.54, 1.807) is 6.33 Å². The van der Waals surface area contributed by atoms with Crippen molar-refractivity contribution in [2.24, 2.45) is 0 Å². The van der Waals surface area contributed by atoms with Crippen molar-refractivity contribution in [3.05, 3.63) is 65.7 Å². The summed E-state index contributed by atoms with van der Waals surface area (Å²) < 4.78 is 0. The molecule has 3 aromatic rings. The van der Waals surface area contributed by atoms with Gasteiger partial charge in [-0.3, -0.25) is 0 Å². The molecule has 0 saturated carbocycles. The third-order valence-electron chi connectivity index (χ3n) is 3.60. The van der Waals surface area contributed by atoms with Crippen LogP contribution in [0.15, 0.2) is 48.9 Å². The number of aromatic amines is 1. The maximum atomic E-state index is 4.09. The number of hydrogen-bond acceptors (Lipinski definition) is 1. The maximum Gasteiger partial charge on any atom is 0.0921 e. The van der Waals surface area contributed by atoms with Crippen LogP contribution in [0.4, 0.5) is 0 Å². The van der Waals surface area contributed by atoms with Crippen molar-refractivity contribution in [2.45, 2.75) is 26.2 Å². The molecule has 2 heteroatoms. The fourth-order valence-electron chi connectivity index (χ4n) is 2.45. The monoisotopic (exact) mass is 250 g/mol. The molecular formula is C17H18N2. The Morgan fingerprint density at radius 3 is 2.79 bits per heavy atom. The van der Waals surface area contributed by atoms with Crippen LogP contribution in [-0.2, 0) is 6.42 Å². The molecule has 3 rings (SSSR count). The van der Waals surface area contributed by atoms with E-state index in [0.717, 1.165) is 12.1 Å². The van der Waals surface area contributed by atoms with E-state index in [1.165, 1.54) is 21.9 Å². The first-order chi connectivity index (χ1) is 9.24. The van der Waals surface area contributed by atoms with E-state index in [9.17, 15) is 0 Å². The van der Waals surface area contributed by atoms with Gasteiger partial charge in [0, 0.05) is 18.3 Å². The van der Waals surface area contributed by atoms with E-state index in [2.05, 4.69) is 60.2 Å². The zero-order valence-corrected chi connectivity index (χ0v) is 11.4. The van der Waals surface area contributed by atoms with Gasteiger partial charge in [-0.1, -0.05) is 50.2 Å². The van der Waals surface area contributed by atoms with Gasteiger partial charge in [-0.15, -0.1) is 0 Å². The molecule has 2 nitrogen and oxygen atoms in total. The highest BCUT2D eigenvalue weighted by Gasteiger charge is 2.06. The number of hydrogen-bond donors (Lipinski definition) is 1. The van der Waals surface area contributed by atoms with Crippen molar-refractivity contribution in [3.63, 3.8) is 0 Å². The van der Waals surface area contributed by atoms with Crippen LogP contribution >= 0.6 is 0 Å². The molecule has 0 fully saturated rings. The fraction of sp³-hybridized carbons (Fsp3) is 0.235. The van der Waals surface area contributed by atoms with Crippen LogP contribution in [0.25, 0.3) is 10.8 Å². The highest BCUT2D eigenvalue weighted by Crippen LogP contribution is 2.25.